The molecule has 6 nitrogen and oxygen atoms in total. The van der Waals surface area contributed by atoms with Crippen molar-refractivity contribution in [2.24, 2.45) is 4.99 Å². The second kappa shape index (κ2) is 15.4. The summed E-state index contributed by atoms with van der Waals surface area (Å²) in [5.41, 5.74) is 3.57. The average Bonchev–Trinajstić information content (AvgIpc) is 2.71. The molecular formula is C18H10N6PtS3. The van der Waals surface area contributed by atoms with Crippen molar-refractivity contribution < 1.29 is 21.1 Å². The molecule has 0 fully saturated rings. The summed E-state index contributed by atoms with van der Waals surface area (Å²) in [5, 5.41) is 19.3. The Hall–Kier alpha value is -2.64. The molecule has 140 valence electrons. The second-order valence-electron chi connectivity index (χ2n) is 4.40. The molecule has 0 bridgehead atoms. The van der Waals surface area contributed by atoms with Gasteiger partial charge in [0.1, 0.15) is 0 Å². The van der Waals surface area contributed by atoms with Gasteiger partial charge >= 0.3 is 21.1 Å². The largest absolute Gasteiger partial charge is 2.00 e. The van der Waals surface area contributed by atoms with Gasteiger partial charge in [-0.2, -0.15) is 4.99 Å². The summed E-state index contributed by atoms with van der Waals surface area (Å²) in [6.45, 7) is 0. The van der Waals surface area contributed by atoms with Gasteiger partial charge in [-0.1, -0.05) is 22.9 Å². The molecule has 0 aliphatic carbocycles. The molecule has 0 unspecified atom stereocenters. The maximum absolute atomic E-state index is 7.13. The fraction of sp³-hybridized carbons (Fsp3) is 0. The molecule has 0 atom stereocenters. The molecule has 0 saturated heterocycles. The number of hydrogen-bond acceptors (Lipinski definition) is 9. The van der Waals surface area contributed by atoms with Crippen molar-refractivity contribution in [3.8, 4) is 33.2 Å². The predicted molar refractivity (Wildman–Crippen MR) is 111 cm³/mol. The van der Waals surface area contributed by atoms with Crippen LogP contribution in [0.4, 0.5) is 5.82 Å². The monoisotopic (exact) mass is 601 g/mol. The molecule has 0 N–H and O–H groups in total. The van der Waals surface area contributed by atoms with E-state index in [1.165, 1.54) is 10.8 Å². The number of rotatable bonds is 3. The molecule has 0 radical (unpaired) electrons. The summed E-state index contributed by atoms with van der Waals surface area (Å²) in [4.78, 5) is 16.9. The quantitative estimate of drug-likeness (QED) is 0.193. The minimum Gasteiger partial charge on any atom is -0.696 e. The van der Waals surface area contributed by atoms with Crippen LogP contribution in [0.15, 0.2) is 66.2 Å². The van der Waals surface area contributed by atoms with E-state index >= 15 is 0 Å². The number of isothiocyanates is 1. The van der Waals surface area contributed by atoms with Crippen molar-refractivity contribution in [1.29, 1.82) is 10.5 Å². The van der Waals surface area contributed by atoms with Gasteiger partial charge in [0.15, 0.2) is 5.82 Å². The van der Waals surface area contributed by atoms with Gasteiger partial charge in [-0.15, -0.1) is 0 Å². The number of aromatic nitrogens is 3. The van der Waals surface area contributed by atoms with E-state index in [0.29, 0.717) is 5.82 Å². The molecule has 3 rings (SSSR count). The standard InChI is InChI=1S/C16H10N4S.2CHNS.Pt/c21-11-20-16-14(6-3-9-19-16)15-13(5-2-8-18-15)12-4-1-7-17-10-12;2*2-1-3;/h1-10H;2*3H;/q;;;+2/p-2. The number of nitrogens with zero attached hydrogens (tertiary/aromatic N) is 6. The summed E-state index contributed by atoms with van der Waals surface area (Å²) in [5.74, 6) is 0.511. The van der Waals surface area contributed by atoms with Gasteiger partial charge in [0.2, 0.25) is 0 Å². The smallest absolute Gasteiger partial charge is 0.696 e. The van der Waals surface area contributed by atoms with Gasteiger partial charge in [0.05, 0.1) is 10.9 Å². The summed E-state index contributed by atoms with van der Waals surface area (Å²) in [6, 6.07) is 11.5. The van der Waals surface area contributed by atoms with E-state index < -0.39 is 0 Å². The van der Waals surface area contributed by atoms with Crippen molar-refractivity contribution in [2.75, 3.05) is 0 Å². The first-order chi connectivity index (χ1) is 13.2. The fourth-order valence-electron chi connectivity index (χ4n) is 2.09. The van der Waals surface area contributed by atoms with Crippen LogP contribution in [0, 0.1) is 21.3 Å². The zero-order valence-electron chi connectivity index (χ0n) is 14.0. The van der Waals surface area contributed by atoms with Crippen LogP contribution in [0.25, 0.3) is 22.4 Å². The van der Waals surface area contributed by atoms with Crippen LogP contribution < -0.4 is 0 Å². The first-order valence-electron chi connectivity index (χ1n) is 7.14. The van der Waals surface area contributed by atoms with Gasteiger partial charge in [-0.25, -0.2) is 15.5 Å². The zero-order valence-corrected chi connectivity index (χ0v) is 18.7. The molecule has 0 aromatic carbocycles. The Morgan fingerprint density at radius 1 is 0.893 bits per heavy atom. The number of hydrogen-bond donors (Lipinski definition) is 0. The third kappa shape index (κ3) is 7.94. The first kappa shape index (κ1) is 25.4. The maximum Gasteiger partial charge on any atom is 2.00 e. The molecule has 0 saturated carbocycles. The Labute approximate surface area is 193 Å². The fourth-order valence-corrected chi connectivity index (χ4v) is 2.18. The van der Waals surface area contributed by atoms with E-state index in [9.17, 15) is 0 Å². The molecule has 3 aromatic rings. The third-order valence-corrected chi connectivity index (χ3v) is 3.06. The Morgan fingerprint density at radius 3 is 2.04 bits per heavy atom. The number of pyridine rings is 3. The minimum atomic E-state index is 0. The SMILES string of the molecule is N#C[S-].N#C[S-].S=C=Nc1ncccc1-c1ncccc1-c1cccnc1.[Pt+2]. The Bertz CT molecular complexity index is 984. The van der Waals surface area contributed by atoms with Crippen molar-refractivity contribution in [2.45, 2.75) is 0 Å². The molecule has 0 amide bonds. The molecule has 0 spiro atoms. The van der Waals surface area contributed by atoms with Gasteiger partial charge in [-0.3, -0.25) is 9.97 Å². The van der Waals surface area contributed by atoms with E-state index in [2.05, 4.69) is 62.6 Å². The van der Waals surface area contributed by atoms with Gasteiger partial charge in [-0.05, 0) is 36.5 Å². The molecule has 3 aromatic heterocycles. The normalized spacial score (nSPS) is 7.93. The molecule has 3 heterocycles. The van der Waals surface area contributed by atoms with E-state index in [4.69, 9.17) is 10.5 Å². The van der Waals surface area contributed by atoms with Gasteiger partial charge < -0.3 is 25.3 Å². The predicted octanol–water partition coefficient (Wildman–Crippen LogP) is 3.97. The summed E-state index contributed by atoms with van der Waals surface area (Å²) in [7, 11) is 0. The van der Waals surface area contributed by atoms with E-state index in [-0.39, 0.29) is 21.1 Å². The van der Waals surface area contributed by atoms with Crippen LogP contribution in [-0.2, 0) is 46.3 Å². The van der Waals surface area contributed by atoms with Crippen LogP contribution in [0.3, 0.4) is 0 Å². The molecule has 0 aliphatic rings. The summed E-state index contributed by atoms with van der Waals surface area (Å²) in [6.07, 6.45) is 6.96. The Kier molecular flexibility index (Phi) is 14.0. The van der Waals surface area contributed by atoms with E-state index in [1.54, 1.807) is 24.8 Å². The van der Waals surface area contributed by atoms with Gasteiger partial charge in [0, 0.05) is 41.5 Å². The summed E-state index contributed by atoms with van der Waals surface area (Å²) < 4.78 is 0. The van der Waals surface area contributed by atoms with Crippen molar-refractivity contribution in [3.05, 3.63) is 61.2 Å². The maximum atomic E-state index is 7.13. The van der Waals surface area contributed by atoms with Crippen LogP contribution in [0.2, 0.25) is 0 Å². The zero-order chi connectivity index (χ0) is 19.9. The van der Waals surface area contributed by atoms with Crippen LogP contribution >= 0.6 is 12.2 Å². The second-order valence-corrected chi connectivity index (χ2v) is 4.95. The number of nitriles is 2. The summed E-state index contributed by atoms with van der Waals surface area (Å²) >= 11 is 12.1. The van der Waals surface area contributed by atoms with E-state index in [0.717, 1.165) is 22.4 Å². The van der Waals surface area contributed by atoms with Crippen LogP contribution in [0.5, 0.6) is 0 Å². The van der Waals surface area contributed by atoms with Crippen LogP contribution in [0.1, 0.15) is 0 Å². The van der Waals surface area contributed by atoms with E-state index in [1.807, 2.05) is 36.4 Å². The molecular weight excluding hydrogens is 592 g/mol. The average molecular weight is 602 g/mol. The van der Waals surface area contributed by atoms with Crippen molar-refractivity contribution in [1.82, 2.24) is 15.0 Å². The topological polar surface area (TPSA) is 98.6 Å². The van der Waals surface area contributed by atoms with Crippen LogP contribution in [-0.4, -0.2) is 20.1 Å². The third-order valence-electron chi connectivity index (χ3n) is 2.97. The Balaban J connectivity index is 0.000000930. The number of thiocyanates is 2. The first-order valence-corrected chi connectivity index (χ1v) is 8.37. The van der Waals surface area contributed by atoms with Crippen molar-refractivity contribution in [3.63, 3.8) is 0 Å². The Morgan fingerprint density at radius 2 is 1.46 bits per heavy atom. The number of aliphatic imine (C=N–C) groups is 1. The number of thiocarbonyl (C=S) groups is 1. The van der Waals surface area contributed by atoms with Crippen molar-refractivity contribution >= 4 is 48.5 Å². The molecule has 28 heavy (non-hydrogen) atoms. The van der Waals surface area contributed by atoms with Gasteiger partial charge in [0.25, 0.3) is 0 Å². The minimum absolute atomic E-state index is 0. The molecule has 10 heteroatoms. The molecule has 0 aliphatic heterocycles.